The molecule has 1 aromatic rings. The predicted octanol–water partition coefficient (Wildman–Crippen LogP) is 2.53. The van der Waals surface area contributed by atoms with Gasteiger partial charge in [0, 0.05) is 58.8 Å². The van der Waals surface area contributed by atoms with Crippen LogP contribution >= 0.6 is 0 Å². The minimum atomic E-state index is -0.304. The molecule has 2 amide bonds. The minimum Gasteiger partial charge on any atom is -0.338 e. The summed E-state index contributed by atoms with van der Waals surface area (Å²) in [6.07, 6.45) is 8.45. The van der Waals surface area contributed by atoms with Crippen molar-refractivity contribution in [3.63, 3.8) is 0 Å². The van der Waals surface area contributed by atoms with Gasteiger partial charge < -0.3 is 15.1 Å². The van der Waals surface area contributed by atoms with Crippen LogP contribution in [-0.2, 0) is 16.0 Å². The normalized spacial score (nSPS) is 24.8. The summed E-state index contributed by atoms with van der Waals surface area (Å²) in [4.78, 5) is 32.3. The predicted molar refractivity (Wildman–Crippen MR) is 127 cm³/mol. The SMILES string of the molecule is CC(=O)N1CC(N(CCc2ccccc2)CC2CCCCC2)CC1C(=O)N1CCNCC1. The van der Waals surface area contributed by atoms with Crippen LogP contribution in [0.2, 0.25) is 0 Å². The van der Waals surface area contributed by atoms with Crippen LogP contribution in [0.3, 0.4) is 0 Å². The summed E-state index contributed by atoms with van der Waals surface area (Å²) in [5.74, 6) is 0.916. The summed E-state index contributed by atoms with van der Waals surface area (Å²) in [6.45, 7) is 7.55. The monoisotopic (exact) mass is 440 g/mol. The van der Waals surface area contributed by atoms with Gasteiger partial charge in [0.1, 0.15) is 6.04 Å². The second-order valence-electron chi connectivity index (χ2n) is 9.89. The van der Waals surface area contributed by atoms with E-state index in [-0.39, 0.29) is 23.9 Å². The molecule has 2 unspecified atom stereocenters. The van der Waals surface area contributed by atoms with Gasteiger partial charge in [-0.3, -0.25) is 14.5 Å². The number of carbonyl (C=O) groups is 2. The largest absolute Gasteiger partial charge is 0.338 e. The van der Waals surface area contributed by atoms with E-state index in [0.29, 0.717) is 6.54 Å². The van der Waals surface area contributed by atoms with E-state index < -0.39 is 0 Å². The quantitative estimate of drug-likeness (QED) is 0.708. The Kier molecular flexibility index (Phi) is 8.20. The van der Waals surface area contributed by atoms with Crippen molar-refractivity contribution >= 4 is 11.8 Å². The highest BCUT2D eigenvalue weighted by Gasteiger charge is 2.42. The first kappa shape index (κ1) is 23.2. The second-order valence-corrected chi connectivity index (χ2v) is 9.89. The van der Waals surface area contributed by atoms with Crippen molar-refractivity contribution in [1.29, 1.82) is 0 Å². The van der Waals surface area contributed by atoms with Crippen LogP contribution in [-0.4, -0.2) is 84.4 Å². The Labute approximate surface area is 193 Å². The van der Waals surface area contributed by atoms with Gasteiger partial charge in [-0.05, 0) is 37.2 Å². The van der Waals surface area contributed by atoms with Crippen molar-refractivity contribution in [3.8, 4) is 0 Å². The number of hydrogen-bond acceptors (Lipinski definition) is 4. The van der Waals surface area contributed by atoms with E-state index in [4.69, 9.17) is 0 Å². The zero-order chi connectivity index (χ0) is 22.3. The lowest BCUT2D eigenvalue weighted by Gasteiger charge is -2.34. The maximum Gasteiger partial charge on any atom is 0.245 e. The Bertz CT molecular complexity index is 743. The van der Waals surface area contributed by atoms with Crippen LogP contribution < -0.4 is 5.32 Å². The van der Waals surface area contributed by atoms with E-state index >= 15 is 0 Å². The number of nitrogens with zero attached hydrogens (tertiary/aromatic N) is 3. The number of likely N-dealkylation sites (tertiary alicyclic amines) is 1. The molecule has 1 aromatic carbocycles. The molecule has 3 fully saturated rings. The van der Waals surface area contributed by atoms with E-state index in [1.165, 1.54) is 37.7 Å². The number of amides is 2. The number of benzene rings is 1. The van der Waals surface area contributed by atoms with Gasteiger partial charge in [-0.2, -0.15) is 0 Å². The molecule has 2 heterocycles. The fraction of sp³-hybridized carbons (Fsp3) is 0.692. The van der Waals surface area contributed by atoms with E-state index in [2.05, 4.69) is 40.5 Å². The Balaban J connectivity index is 1.46. The van der Waals surface area contributed by atoms with E-state index in [1.807, 2.05) is 9.80 Å². The summed E-state index contributed by atoms with van der Waals surface area (Å²) in [7, 11) is 0. The molecular weight excluding hydrogens is 400 g/mol. The average molecular weight is 441 g/mol. The Morgan fingerprint density at radius 1 is 1.06 bits per heavy atom. The minimum absolute atomic E-state index is 0.0293. The number of carbonyl (C=O) groups excluding carboxylic acids is 2. The molecule has 6 nitrogen and oxygen atoms in total. The van der Waals surface area contributed by atoms with Crippen molar-refractivity contribution in [2.24, 2.45) is 5.92 Å². The summed E-state index contributed by atoms with van der Waals surface area (Å²) < 4.78 is 0. The van der Waals surface area contributed by atoms with Crippen molar-refractivity contribution in [2.75, 3.05) is 45.8 Å². The maximum absolute atomic E-state index is 13.3. The molecule has 1 aliphatic carbocycles. The Morgan fingerprint density at radius 3 is 2.47 bits per heavy atom. The van der Waals surface area contributed by atoms with Crippen LogP contribution in [0, 0.1) is 5.92 Å². The van der Waals surface area contributed by atoms with Crippen LogP contribution in [0.25, 0.3) is 0 Å². The van der Waals surface area contributed by atoms with Crippen molar-refractivity contribution in [3.05, 3.63) is 35.9 Å². The number of rotatable bonds is 7. The van der Waals surface area contributed by atoms with Crippen molar-refractivity contribution in [1.82, 2.24) is 20.0 Å². The molecule has 0 aromatic heterocycles. The lowest BCUT2D eigenvalue weighted by atomic mass is 9.88. The molecular formula is C26H40N4O2. The number of hydrogen-bond donors (Lipinski definition) is 1. The molecule has 0 bridgehead atoms. The third-order valence-electron chi connectivity index (χ3n) is 7.66. The molecule has 0 spiro atoms. The highest BCUT2D eigenvalue weighted by Crippen LogP contribution is 2.29. The van der Waals surface area contributed by atoms with Crippen molar-refractivity contribution < 1.29 is 9.59 Å². The first-order valence-corrected chi connectivity index (χ1v) is 12.7. The molecule has 2 saturated heterocycles. The summed E-state index contributed by atoms with van der Waals surface area (Å²) in [6, 6.07) is 10.6. The molecule has 2 aliphatic heterocycles. The summed E-state index contributed by atoms with van der Waals surface area (Å²) >= 11 is 0. The first-order valence-electron chi connectivity index (χ1n) is 12.7. The fourth-order valence-corrected chi connectivity index (χ4v) is 5.80. The molecule has 176 valence electrons. The van der Waals surface area contributed by atoms with Crippen LogP contribution in [0.15, 0.2) is 30.3 Å². The molecule has 2 atom stereocenters. The standard InChI is InChI=1S/C26H40N4O2/c1-21(31)30-20-24(18-25(30)26(32)28-16-13-27-14-17-28)29(19-23-10-6-3-7-11-23)15-12-22-8-4-2-5-9-22/h2,4-5,8-9,23-25,27H,3,6-7,10-20H2,1H3. The van der Waals surface area contributed by atoms with Crippen LogP contribution in [0.4, 0.5) is 0 Å². The molecule has 3 aliphatic rings. The Hall–Kier alpha value is -1.92. The molecule has 0 radical (unpaired) electrons. The molecule has 32 heavy (non-hydrogen) atoms. The fourth-order valence-electron chi connectivity index (χ4n) is 5.80. The summed E-state index contributed by atoms with van der Waals surface area (Å²) in [5.41, 5.74) is 1.36. The van der Waals surface area contributed by atoms with Crippen LogP contribution in [0.5, 0.6) is 0 Å². The van der Waals surface area contributed by atoms with Gasteiger partial charge in [-0.15, -0.1) is 0 Å². The molecule has 6 heteroatoms. The lowest BCUT2D eigenvalue weighted by molar-refractivity contribution is -0.143. The smallest absolute Gasteiger partial charge is 0.245 e. The van der Waals surface area contributed by atoms with Gasteiger partial charge >= 0.3 is 0 Å². The van der Waals surface area contributed by atoms with Crippen molar-refractivity contribution in [2.45, 2.75) is 64.0 Å². The van der Waals surface area contributed by atoms with E-state index in [9.17, 15) is 9.59 Å². The van der Waals surface area contributed by atoms with Gasteiger partial charge in [0.05, 0.1) is 0 Å². The number of piperazine rings is 1. The third-order valence-corrected chi connectivity index (χ3v) is 7.66. The third kappa shape index (κ3) is 5.90. The molecule has 1 saturated carbocycles. The van der Waals surface area contributed by atoms with Crippen LogP contribution in [0.1, 0.15) is 51.0 Å². The highest BCUT2D eigenvalue weighted by atomic mass is 16.2. The first-order chi connectivity index (χ1) is 15.6. The van der Waals surface area contributed by atoms with Gasteiger partial charge in [0.2, 0.25) is 11.8 Å². The number of nitrogens with one attached hydrogen (secondary N) is 1. The van der Waals surface area contributed by atoms with E-state index in [1.54, 1.807) is 6.92 Å². The zero-order valence-corrected chi connectivity index (χ0v) is 19.7. The maximum atomic E-state index is 13.3. The summed E-state index contributed by atoms with van der Waals surface area (Å²) in [5, 5.41) is 3.32. The molecule has 1 N–H and O–H groups in total. The Morgan fingerprint density at radius 2 is 1.78 bits per heavy atom. The zero-order valence-electron chi connectivity index (χ0n) is 19.7. The highest BCUT2D eigenvalue weighted by molar-refractivity contribution is 5.87. The van der Waals surface area contributed by atoms with Gasteiger partial charge in [-0.25, -0.2) is 0 Å². The van der Waals surface area contributed by atoms with Gasteiger partial charge in [0.15, 0.2) is 0 Å². The van der Waals surface area contributed by atoms with Gasteiger partial charge in [0.25, 0.3) is 0 Å². The average Bonchev–Trinajstić information content (AvgIpc) is 3.29. The topological polar surface area (TPSA) is 55.9 Å². The van der Waals surface area contributed by atoms with E-state index in [0.717, 1.165) is 58.0 Å². The van der Waals surface area contributed by atoms with Gasteiger partial charge in [-0.1, -0.05) is 49.6 Å². The lowest BCUT2D eigenvalue weighted by Crippen LogP contribution is -2.53. The second kappa shape index (κ2) is 11.3. The molecule has 4 rings (SSSR count).